The van der Waals surface area contributed by atoms with E-state index in [9.17, 15) is 0 Å². The Bertz CT molecular complexity index is 346. The summed E-state index contributed by atoms with van der Waals surface area (Å²) >= 11 is 0. The zero-order chi connectivity index (χ0) is 13.5. The molecule has 0 aromatic heterocycles. The molecular weight excluding hydrogens is 232 g/mol. The molecule has 19 heavy (non-hydrogen) atoms. The van der Waals surface area contributed by atoms with E-state index in [0.29, 0.717) is 0 Å². The number of nitrogens with one attached hydrogen (secondary N) is 1. The second-order valence-corrected chi connectivity index (χ2v) is 5.88. The zero-order valence-corrected chi connectivity index (χ0v) is 12.4. The van der Waals surface area contributed by atoms with Crippen LogP contribution in [-0.2, 0) is 6.54 Å². The molecule has 0 bridgehead atoms. The lowest BCUT2D eigenvalue weighted by Gasteiger charge is -2.19. The molecule has 2 nitrogen and oxygen atoms in total. The molecule has 2 heteroatoms. The summed E-state index contributed by atoms with van der Waals surface area (Å²) in [6, 6.07) is 11.5. The molecule has 0 saturated heterocycles. The fourth-order valence-electron chi connectivity index (χ4n) is 2.75. The molecule has 0 amide bonds. The van der Waals surface area contributed by atoms with Crippen molar-refractivity contribution < 1.29 is 0 Å². The second-order valence-electron chi connectivity index (χ2n) is 5.88. The van der Waals surface area contributed by atoms with Crippen LogP contribution >= 0.6 is 0 Å². The topological polar surface area (TPSA) is 15.3 Å². The Kier molecular flexibility index (Phi) is 5.87. The Morgan fingerprint density at radius 2 is 2.00 bits per heavy atom. The van der Waals surface area contributed by atoms with Gasteiger partial charge in [0.2, 0.25) is 0 Å². The number of rotatable bonds is 9. The van der Waals surface area contributed by atoms with Crippen molar-refractivity contribution in [2.45, 2.75) is 45.2 Å². The van der Waals surface area contributed by atoms with Gasteiger partial charge in [-0.15, -0.1) is 0 Å². The number of hydrogen-bond donors (Lipinski definition) is 1. The highest BCUT2D eigenvalue weighted by molar-refractivity contribution is 5.14. The third-order valence-electron chi connectivity index (χ3n) is 4.05. The van der Waals surface area contributed by atoms with Crippen LogP contribution < -0.4 is 5.32 Å². The van der Waals surface area contributed by atoms with Gasteiger partial charge in [-0.2, -0.15) is 0 Å². The smallest absolute Gasteiger partial charge is 0.0230 e. The average molecular weight is 260 g/mol. The molecule has 0 radical (unpaired) electrons. The van der Waals surface area contributed by atoms with E-state index < -0.39 is 0 Å². The van der Waals surface area contributed by atoms with Crippen LogP contribution in [0.3, 0.4) is 0 Å². The SMILES string of the molecule is CCC(NCCCN(C)Cc1ccccc1)C1CC1. The first-order valence-corrected chi connectivity index (χ1v) is 7.75. The van der Waals surface area contributed by atoms with Gasteiger partial charge < -0.3 is 10.2 Å². The minimum Gasteiger partial charge on any atom is -0.314 e. The molecule has 0 spiro atoms. The van der Waals surface area contributed by atoms with Crippen molar-refractivity contribution in [3.05, 3.63) is 35.9 Å². The summed E-state index contributed by atoms with van der Waals surface area (Å²) in [5, 5.41) is 3.72. The van der Waals surface area contributed by atoms with Gasteiger partial charge >= 0.3 is 0 Å². The van der Waals surface area contributed by atoms with Crippen molar-refractivity contribution in [3.63, 3.8) is 0 Å². The highest BCUT2D eigenvalue weighted by Crippen LogP contribution is 2.33. The molecule has 1 aliphatic rings. The molecule has 1 N–H and O–H groups in total. The Balaban J connectivity index is 1.57. The number of nitrogens with zero attached hydrogens (tertiary/aromatic N) is 1. The lowest BCUT2D eigenvalue weighted by Crippen LogP contribution is -2.33. The first-order chi connectivity index (χ1) is 9.29. The van der Waals surface area contributed by atoms with Crippen LogP contribution in [0.2, 0.25) is 0 Å². The van der Waals surface area contributed by atoms with Crippen LogP contribution in [0.5, 0.6) is 0 Å². The molecule has 1 atom stereocenters. The molecule has 0 heterocycles. The molecule has 0 aliphatic heterocycles. The summed E-state index contributed by atoms with van der Waals surface area (Å²) in [5.41, 5.74) is 1.40. The Hall–Kier alpha value is -0.860. The van der Waals surface area contributed by atoms with Crippen LogP contribution in [0.4, 0.5) is 0 Å². The molecule has 1 aromatic carbocycles. The molecule has 1 saturated carbocycles. The summed E-state index contributed by atoms with van der Waals surface area (Å²) < 4.78 is 0. The van der Waals surface area contributed by atoms with E-state index in [1.54, 1.807) is 0 Å². The second kappa shape index (κ2) is 7.66. The molecule has 106 valence electrons. The summed E-state index contributed by atoms with van der Waals surface area (Å²) in [7, 11) is 2.21. The van der Waals surface area contributed by atoms with Gasteiger partial charge in [-0.05, 0) is 57.3 Å². The van der Waals surface area contributed by atoms with Crippen LogP contribution in [0.1, 0.15) is 38.2 Å². The fourth-order valence-corrected chi connectivity index (χ4v) is 2.75. The molecular formula is C17H28N2. The third kappa shape index (κ3) is 5.33. The molecule has 2 rings (SSSR count). The van der Waals surface area contributed by atoms with E-state index in [4.69, 9.17) is 0 Å². The van der Waals surface area contributed by atoms with Crippen molar-refractivity contribution in [2.75, 3.05) is 20.1 Å². The highest BCUT2D eigenvalue weighted by atomic mass is 15.1. The predicted octanol–water partition coefficient (Wildman–Crippen LogP) is 3.29. The first kappa shape index (κ1) is 14.5. The lowest BCUT2D eigenvalue weighted by molar-refractivity contribution is 0.313. The van der Waals surface area contributed by atoms with Gasteiger partial charge in [-0.25, -0.2) is 0 Å². The van der Waals surface area contributed by atoms with Crippen molar-refractivity contribution in [1.82, 2.24) is 10.2 Å². The van der Waals surface area contributed by atoms with Gasteiger partial charge in [0.25, 0.3) is 0 Å². The van der Waals surface area contributed by atoms with Gasteiger partial charge in [0, 0.05) is 12.6 Å². The Morgan fingerprint density at radius 1 is 1.26 bits per heavy atom. The zero-order valence-electron chi connectivity index (χ0n) is 12.4. The quantitative estimate of drug-likeness (QED) is 0.685. The fraction of sp³-hybridized carbons (Fsp3) is 0.647. The number of hydrogen-bond acceptors (Lipinski definition) is 2. The molecule has 1 unspecified atom stereocenters. The Labute approximate surface area is 118 Å². The van der Waals surface area contributed by atoms with Gasteiger partial charge in [-0.3, -0.25) is 0 Å². The Morgan fingerprint density at radius 3 is 2.63 bits per heavy atom. The van der Waals surface area contributed by atoms with E-state index in [1.807, 2.05) is 0 Å². The average Bonchev–Trinajstić information content (AvgIpc) is 3.24. The standard InChI is InChI=1S/C17H28N2/c1-3-17(16-10-11-16)18-12-7-13-19(2)14-15-8-5-4-6-9-15/h4-6,8-9,16-18H,3,7,10-14H2,1-2H3. The normalized spacial score (nSPS) is 16.8. The monoisotopic (exact) mass is 260 g/mol. The highest BCUT2D eigenvalue weighted by Gasteiger charge is 2.29. The minimum atomic E-state index is 0.777. The van der Waals surface area contributed by atoms with Crippen LogP contribution in [0.25, 0.3) is 0 Å². The van der Waals surface area contributed by atoms with Crippen molar-refractivity contribution in [3.8, 4) is 0 Å². The molecule has 1 fully saturated rings. The summed E-state index contributed by atoms with van der Waals surface area (Å²) in [4.78, 5) is 2.41. The largest absolute Gasteiger partial charge is 0.314 e. The van der Waals surface area contributed by atoms with E-state index >= 15 is 0 Å². The lowest BCUT2D eigenvalue weighted by atomic mass is 10.1. The van der Waals surface area contributed by atoms with Crippen molar-refractivity contribution in [1.29, 1.82) is 0 Å². The first-order valence-electron chi connectivity index (χ1n) is 7.75. The van der Waals surface area contributed by atoms with Crippen molar-refractivity contribution in [2.24, 2.45) is 5.92 Å². The summed E-state index contributed by atoms with van der Waals surface area (Å²) in [5.74, 6) is 0.979. The van der Waals surface area contributed by atoms with Crippen LogP contribution in [-0.4, -0.2) is 31.1 Å². The van der Waals surface area contributed by atoms with Gasteiger partial charge in [0.15, 0.2) is 0 Å². The van der Waals surface area contributed by atoms with Crippen LogP contribution in [0, 0.1) is 5.92 Å². The van der Waals surface area contributed by atoms with Gasteiger partial charge in [-0.1, -0.05) is 37.3 Å². The van der Waals surface area contributed by atoms with E-state index in [2.05, 4.69) is 54.5 Å². The van der Waals surface area contributed by atoms with Crippen LogP contribution in [0.15, 0.2) is 30.3 Å². The van der Waals surface area contributed by atoms with E-state index in [0.717, 1.165) is 25.0 Å². The van der Waals surface area contributed by atoms with E-state index in [-0.39, 0.29) is 0 Å². The maximum Gasteiger partial charge on any atom is 0.0230 e. The summed E-state index contributed by atoms with van der Waals surface area (Å²) in [6.07, 6.45) is 5.41. The van der Waals surface area contributed by atoms with Gasteiger partial charge in [0.1, 0.15) is 0 Å². The van der Waals surface area contributed by atoms with Gasteiger partial charge in [0.05, 0.1) is 0 Å². The maximum atomic E-state index is 3.72. The summed E-state index contributed by atoms with van der Waals surface area (Å²) in [6.45, 7) is 5.69. The maximum absolute atomic E-state index is 3.72. The predicted molar refractivity (Wildman–Crippen MR) is 82.2 cm³/mol. The molecule has 1 aliphatic carbocycles. The van der Waals surface area contributed by atoms with E-state index in [1.165, 1.54) is 37.8 Å². The molecule has 1 aromatic rings. The third-order valence-corrected chi connectivity index (χ3v) is 4.05. The van der Waals surface area contributed by atoms with Crippen molar-refractivity contribution >= 4 is 0 Å². The number of benzene rings is 1. The minimum absolute atomic E-state index is 0.777.